The fourth-order valence-electron chi connectivity index (χ4n) is 3.39. The molecule has 2 atom stereocenters. The summed E-state index contributed by atoms with van der Waals surface area (Å²) in [6.07, 6.45) is 0.472. The lowest BCUT2D eigenvalue weighted by Crippen LogP contribution is -2.30. The van der Waals surface area contributed by atoms with E-state index in [0.29, 0.717) is 18.8 Å². The van der Waals surface area contributed by atoms with Gasteiger partial charge < -0.3 is 14.4 Å². The van der Waals surface area contributed by atoms with Crippen molar-refractivity contribution in [3.05, 3.63) is 34.6 Å². The summed E-state index contributed by atoms with van der Waals surface area (Å²) >= 11 is 0. The van der Waals surface area contributed by atoms with Gasteiger partial charge in [0.1, 0.15) is 5.58 Å². The minimum atomic E-state index is -0.376. The number of aliphatic hydroxyl groups excluding tert-OH is 1. The van der Waals surface area contributed by atoms with Gasteiger partial charge in [-0.25, -0.2) is 0 Å². The van der Waals surface area contributed by atoms with Crippen LogP contribution in [0.3, 0.4) is 0 Å². The number of fused-ring (bicyclic) bond motifs is 1. The average molecular weight is 301 g/mol. The number of aryl methyl sites for hydroxylation is 3. The van der Waals surface area contributed by atoms with Gasteiger partial charge in [0.15, 0.2) is 5.76 Å². The maximum absolute atomic E-state index is 12.8. The van der Waals surface area contributed by atoms with E-state index in [1.165, 1.54) is 0 Å². The maximum Gasteiger partial charge on any atom is 0.289 e. The van der Waals surface area contributed by atoms with Crippen molar-refractivity contribution >= 4 is 16.9 Å². The number of hydrogen-bond acceptors (Lipinski definition) is 3. The van der Waals surface area contributed by atoms with Gasteiger partial charge in [-0.3, -0.25) is 4.79 Å². The zero-order valence-corrected chi connectivity index (χ0v) is 13.6. The van der Waals surface area contributed by atoms with Crippen LogP contribution in [0.1, 0.15) is 40.6 Å². The first-order chi connectivity index (χ1) is 10.4. The van der Waals surface area contributed by atoms with Crippen LogP contribution in [0.4, 0.5) is 0 Å². The summed E-state index contributed by atoms with van der Waals surface area (Å²) in [7, 11) is 0. The molecule has 1 aromatic carbocycles. The molecule has 1 fully saturated rings. The number of likely N-dealkylation sites (tertiary alicyclic amines) is 1. The fraction of sp³-hybridized carbons (Fsp3) is 0.500. The number of hydrogen-bond donors (Lipinski definition) is 1. The Morgan fingerprint density at radius 2 is 2.00 bits per heavy atom. The molecule has 1 N–H and O–H groups in total. The molecule has 0 spiro atoms. The lowest BCUT2D eigenvalue weighted by Gasteiger charge is -2.16. The van der Waals surface area contributed by atoms with Crippen molar-refractivity contribution in [2.75, 3.05) is 13.1 Å². The molecule has 1 saturated heterocycles. The molecular weight excluding hydrogens is 278 g/mol. The molecule has 0 bridgehead atoms. The second-order valence-electron chi connectivity index (χ2n) is 6.50. The van der Waals surface area contributed by atoms with E-state index in [9.17, 15) is 9.90 Å². The van der Waals surface area contributed by atoms with Gasteiger partial charge in [0, 0.05) is 30.0 Å². The molecule has 1 aliphatic rings. The molecule has 0 saturated carbocycles. The largest absolute Gasteiger partial charge is 0.450 e. The Labute approximate surface area is 130 Å². The summed E-state index contributed by atoms with van der Waals surface area (Å²) in [4.78, 5) is 14.6. The first kappa shape index (κ1) is 15.1. The third-order valence-corrected chi connectivity index (χ3v) is 4.87. The van der Waals surface area contributed by atoms with Gasteiger partial charge in [-0.15, -0.1) is 0 Å². The van der Waals surface area contributed by atoms with Gasteiger partial charge >= 0.3 is 0 Å². The molecule has 1 amide bonds. The molecule has 4 heteroatoms. The van der Waals surface area contributed by atoms with E-state index >= 15 is 0 Å². The Kier molecular flexibility index (Phi) is 3.73. The predicted octanol–water partition coefficient (Wildman–Crippen LogP) is 3.20. The smallest absolute Gasteiger partial charge is 0.289 e. The minimum Gasteiger partial charge on any atom is -0.450 e. The summed E-state index contributed by atoms with van der Waals surface area (Å²) < 4.78 is 5.93. The fourth-order valence-corrected chi connectivity index (χ4v) is 3.39. The SMILES string of the molecule is Cc1ccc(C)c2c(C)c(C(=O)N3CCC(C(C)O)C3)oc12. The van der Waals surface area contributed by atoms with Crippen molar-refractivity contribution < 1.29 is 14.3 Å². The zero-order chi connectivity index (χ0) is 16.0. The van der Waals surface area contributed by atoms with E-state index in [2.05, 4.69) is 6.07 Å². The summed E-state index contributed by atoms with van der Waals surface area (Å²) in [5.74, 6) is 0.548. The summed E-state index contributed by atoms with van der Waals surface area (Å²) in [5.41, 5.74) is 3.91. The molecule has 22 heavy (non-hydrogen) atoms. The number of furan rings is 1. The van der Waals surface area contributed by atoms with Crippen molar-refractivity contribution in [3.8, 4) is 0 Å². The molecule has 0 radical (unpaired) electrons. The van der Waals surface area contributed by atoms with Gasteiger partial charge in [0.05, 0.1) is 6.10 Å². The van der Waals surface area contributed by atoms with Crippen molar-refractivity contribution in [1.82, 2.24) is 4.90 Å². The topological polar surface area (TPSA) is 53.7 Å². The number of benzene rings is 1. The van der Waals surface area contributed by atoms with Crippen LogP contribution in [0, 0.1) is 26.7 Å². The number of nitrogens with zero attached hydrogens (tertiary/aromatic N) is 1. The standard InChI is InChI=1S/C18H23NO3/c1-10-5-6-11(2)16-15(10)12(3)17(22-16)18(21)19-8-7-14(9-19)13(4)20/h5-6,13-14,20H,7-9H2,1-4H3. The van der Waals surface area contributed by atoms with Crippen molar-refractivity contribution in [1.29, 1.82) is 0 Å². The van der Waals surface area contributed by atoms with Crippen LogP contribution in [0.25, 0.3) is 11.0 Å². The Bertz CT molecular complexity index is 729. The first-order valence-electron chi connectivity index (χ1n) is 7.86. The van der Waals surface area contributed by atoms with Crippen molar-refractivity contribution in [2.45, 2.75) is 40.2 Å². The highest BCUT2D eigenvalue weighted by Crippen LogP contribution is 2.32. The third-order valence-electron chi connectivity index (χ3n) is 4.87. The molecule has 2 heterocycles. The Balaban J connectivity index is 1.97. The van der Waals surface area contributed by atoms with Crippen LogP contribution in [0.5, 0.6) is 0 Å². The number of amides is 1. The molecule has 3 rings (SSSR count). The predicted molar refractivity (Wildman–Crippen MR) is 86.1 cm³/mol. The molecule has 1 aliphatic heterocycles. The van der Waals surface area contributed by atoms with Crippen molar-refractivity contribution in [2.24, 2.45) is 5.92 Å². The second-order valence-corrected chi connectivity index (χ2v) is 6.50. The van der Waals surface area contributed by atoms with Crippen LogP contribution in [-0.2, 0) is 0 Å². The van der Waals surface area contributed by atoms with Crippen LogP contribution in [0.2, 0.25) is 0 Å². The quantitative estimate of drug-likeness (QED) is 0.926. The lowest BCUT2D eigenvalue weighted by molar-refractivity contribution is 0.0733. The second kappa shape index (κ2) is 5.43. The number of rotatable bonds is 2. The van der Waals surface area contributed by atoms with Crippen molar-refractivity contribution in [3.63, 3.8) is 0 Å². The molecule has 118 valence electrons. The Hall–Kier alpha value is -1.81. The van der Waals surface area contributed by atoms with Gasteiger partial charge in [-0.05, 0) is 45.2 Å². The Morgan fingerprint density at radius 1 is 1.32 bits per heavy atom. The van der Waals surface area contributed by atoms with Gasteiger partial charge in [0.25, 0.3) is 5.91 Å². The van der Waals surface area contributed by atoms with E-state index < -0.39 is 0 Å². The highest BCUT2D eigenvalue weighted by atomic mass is 16.3. The lowest BCUT2D eigenvalue weighted by atomic mass is 10.0. The van der Waals surface area contributed by atoms with Gasteiger partial charge in [0.2, 0.25) is 0 Å². The van der Waals surface area contributed by atoms with E-state index in [1.54, 1.807) is 11.8 Å². The van der Waals surface area contributed by atoms with Gasteiger partial charge in [-0.2, -0.15) is 0 Å². The molecule has 2 aromatic rings. The summed E-state index contributed by atoms with van der Waals surface area (Å²) in [5, 5.41) is 10.8. The first-order valence-corrected chi connectivity index (χ1v) is 7.86. The summed E-state index contributed by atoms with van der Waals surface area (Å²) in [6, 6.07) is 4.09. The van der Waals surface area contributed by atoms with Crippen LogP contribution in [0.15, 0.2) is 16.5 Å². The number of carbonyl (C=O) groups is 1. The monoisotopic (exact) mass is 301 g/mol. The maximum atomic E-state index is 12.8. The summed E-state index contributed by atoms with van der Waals surface area (Å²) in [6.45, 7) is 9.06. The highest BCUT2D eigenvalue weighted by molar-refractivity contribution is 6.00. The molecular formula is C18H23NO3. The molecule has 4 nitrogen and oxygen atoms in total. The molecule has 1 aromatic heterocycles. The number of carbonyl (C=O) groups excluding carboxylic acids is 1. The van der Waals surface area contributed by atoms with Crippen LogP contribution in [-0.4, -0.2) is 35.1 Å². The average Bonchev–Trinajstić information content (AvgIpc) is 3.08. The molecule has 0 aliphatic carbocycles. The van der Waals surface area contributed by atoms with Crippen LogP contribution >= 0.6 is 0 Å². The van der Waals surface area contributed by atoms with E-state index in [0.717, 1.165) is 34.1 Å². The Morgan fingerprint density at radius 3 is 2.59 bits per heavy atom. The number of aliphatic hydroxyl groups is 1. The molecule has 2 unspecified atom stereocenters. The van der Waals surface area contributed by atoms with Gasteiger partial charge in [-0.1, -0.05) is 12.1 Å². The van der Waals surface area contributed by atoms with E-state index in [-0.39, 0.29) is 17.9 Å². The normalized spacial score (nSPS) is 19.9. The third kappa shape index (κ3) is 2.31. The van der Waals surface area contributed by atoms with E-state index in [4.69, 9.17) is 4.42 Å². The van der Waals surface area contributed by atoms with Crippen LogP contribution < -0.4 is 0 Å². The highest BCUT2D eigenvalue weighted by Gasteiger charge is 2.32. The van der Waals surface area contributed by atoms with E-state index in [1.807, 2.05) is 26.8 Å². The zero-order valence-electron chi connectivity index (χ0n) is 13.6. The minimum absolute atomic E-state index is 0.0596.